The summed E-state index contributed by atoms with van der Waals surface area (Å²) in [6.07, 6.45) is 0.805. The number of nitrogens with zero attached hydrogens (tertiary/aromatic N) is 2. The highest BCUT2D eigenvalue weighted by molar-refractivity contribution is 7.15. The van der Waals surface area contributed by atoms with Gasteiger partial charge in [0.25, 0.3) is 0 Å². The van der Waals surface area contributed by atoms with Gasteiger partial charge >= 0.3 is 11.9 Å². The molecule has 0 unspecified atom stereocenters. The summed E-state index contributed by atoms with van der Waals surface area (Å²) >= 11 is 1.30. The lowest BCUT2D eigenvalue weighted by molar-refractivity contribution is -0.135. The molecule has 100 valence electrons. The highest BCUT2D eigenvalue weighted by atomic mass is 32.1. The molecule has 0 aromatic carbocycles. The minimum Gasteiger partial charge on any atom is -0.480 e. The van der Waals surface area contributed by atoms with Crippen molar-refractivity contribution in [1.29, 1.82) is 0 Å². The van der Waals surface area contributed by atoms with Crippen LogP contribution in [0.5, 0.6) is 0 Å². The van der Waals surface area contributed by atoms with Crippen LogP contribution in [0.4, 0.5) is 5.13 Å². The first-order valence-corrected chi connectivity index (χ1v) is 6.33. The first kappa shape index (κ1) is 14.4. The van der Waals surface area contributed by atoms with E-state index in [9.17, 15) is 9.59 Å². The number of carbonyl (C=O) groups is 2. The van der Waals surface area contributed by atoms with Crippen molar-refractivity contribution in [2.24, 2.45) is 0 Å². The van der Waals surface area contributed by atoms with Crippen LogP contribution in [0.3, 0.4) is 0 Å². The summed E-state index contributed by atoms with van der Waals surface area (Å²) in [7, 11) is 1.29. The van der Waals surface area contributed by atoms with Gasteiger partial charge in [-0.05, 0) is 13.3 Å². The largest absolute Gasteiger partial charge is 0.480 e. The maximum atomic E-state index is 11.4. The Bertz CT molecular complexity index is 444. The number of carbonyl (C=O) groups excluding carboxylic acids is 1. The van der Waals surface area contributed by atoms with E-state index in [1.807, 2.05) is 6.92 Å². The van der Waals surface area contributed by atoms with Crippen molar-refractivity contribution in [2.45, 2.75) is 20.3 Å². The van der Waals surface area contributed by atoms with E-state index < -0.39 is 11.9 Å². The second-order valence-corrected chi connectivity index (χ2v) is 4.89. The number of rotatable bonds is 6. The second kappa shape index (κ2) is 6.34. The molecule has 0 aliphatic carbocycles. The molecule has 6 nitrogen and oxygen atoms in total. The topological polar surface area (TPSA) is 79.7 Å². The van der Waals surface area contributed by atoms with Crippen LogP contribution < -0.4 is 4.90 Å². The molecule has 0 bridgehead atoms. The Morgan fingerprint density at radius 2 is 2.17 bits per heavy atom. The van der Waals surface area contributed by atoms with Gasteiger partial charge < -0.3 is 14.7 Å². The summed E-state index contributed by atoms with van der Waals surface area (Å²) in [6.45, 7) is 4.18. The van der Waals surface area contributed by atoms with E-state index in [0.29, 0.717) is 11.7 Å². The van der Waals surface area contributed by atoms with Crippen molar-refractivity contribution in [3.63, 3.8) is 0 Å². The standard InChI is InChI=1S/C11H16N2O4S/c1-4-5-13(6-8(14)15)11-12-9(7(2)18-11)10(16)17-3/h4-6H2,1-3H3,(H,14,15). The molecule has 0 saturated carbocycles. The average Bonchev–Trinajstić information content (AvgIpc) is 2.69. The number of hydrogen-bond donors (Lipinski definition) is 1. The number of methoxy groups -OCH3 is 1. The van der Waals surface area contributed by atoms with Crippen LogP contribution in [0, 0.1) is 6.92 Å². The second-order valence-electron chi connectivity index (χ2n) is 3.71. The molecule has 0 amide bonds. The van der Waals surface area contributed by atoms with Crippen molar-refractivity contribution in [2.75, 3.05) is 25.1 Å². The third-order valence-corrected chi connectivity index (χ3v) is 3.29. The number of aromatic nitrogens is 1. The van der Waals surface area contributed by atoms with E-state index in [0.717, 1.165) is 11.3 Å². The average molecular weight is 272 g/mol. The lowest BCUT2D eigenvalue weighted by atomic mass is 10.4. The van der Waals surface area contributed by atoms with Crippen LogP contribution in [-0.4, -0.2) is 42.2 Å². The molecule has 1 rings (SSSR count). The lowest BCUT2D eigenvalue weighted by Gasteiger charge is -2.18. The van der Waals surface area contributed by atoms with Gasteiger partial charge in [0.05, 0.1) is 7.11 Å². The molecule has 0 saturated heterocycles. The Morgan fingerprint density at radius 1 is 1.50 bits per heavy atom. The number of anilines is 1. The Kier molecular flexibility index (Phi) is 5.08. The summed E-state index contributed by atoms with van der Waals surface area (Å²) in [6, 6.07) is 0. The molecule has 1 heterocycles. The summed E-state index contributed by atoms with van der Waals surface area (Å²) < 4.78 is 4.62. The maximum absolute atomic E-state index is 11.4. The predicted molar refractivity (Wildman–Crippen MR) is 68.3 cm³/mol. The molecule has 0 aliphatic heterocycles. The Balaban J connectivity index is 2.98. The Morgan fingerprint density at radius 3 is 2.67 bits per heavy atom. The van der Waals surface area contributed by atoms with Crippen molar-refractivity contribution in [1.82, 2.24) is 4.98 Å². The van der Waals surface area contributed by atoms with Crippen LogP contribution in [0.1, 0.15) is 28.7 Å². The van der Waals surface area contributed by atoms with Gasteiger partial charge in [-0.2, -0.15) is 0 Å². The van der Waals surface area contributed by atoms with Gasteiger partial charge in [0.15, 0.2) is 10.8 Å². The fourth-order valence-corrected chi connectivity index (χ4v) is 2.40. The fourth-order valence-electron chi connectivity index (χ4n) is 1.48. The molecule has 7 heteroatoms. The number of ether oxygens (including phenoxy) is 1. The Labute approximate surface area is 109 Å². The number of hydrogen-bond acceptors (Lipinski definition) is 6. The molecule has 18 heavy (non-hydrogen) atoms. The summed E-state index contributed by atoms with van der Waals surface area (Å²) in [5, 5.41) is 9.39. The van der Waals surface area contributed by atoms with E-state index in [1.165, 1.54) is 18.4 Å². The third kappa shape index (κ3) is 3.43. The van der Waals surface area contributed by atoms with Crippen molar-refractivity contribution < 1.29 is 19.4 Å². The van der Waals surface area contributed by atoms with Crippen LogP contribution in [-0.2, 0) is 9.53 Å². The van der Waals surface area contributed by atoms with Crippen LogP contribution in [0.25, 0.3) is 0 Å². The van der Waals surface area contributed by atoms with Gasteiger partial charge in [-0.3, -0.25) is 4.79 Å². The zero-order valence-electron chi connectivity index (χ0n) is 10.6. The summed E-state index contributed by atoms with van der Waals surface area (Å²) in [5.41, 5.74) is 0.254. The quantitative estimate of drug-likeness (QED) is 0.791. The molecule has 1 aromatic rings. The van der Waals surface area contributed by atoms with Gasteiger partial charge in [-0.25, -0.2) is 9.78 Å². The van der Waals surface area contributed by atoms with Gasteiger partial charge in [-0.1, -0.05) is 6.92 Å². The van der Waals surface area contributed by atoms with Crippen LogP contribution in [0.15, 0.2) is 0 Å². The highest BCUT2D eigenvalue weighted by Crippen LogP contribution is 2.26. The van der Waals surface area contributed by atoms with E-state index in [4.69, 9.17) is 5.11 Å². The van der Waals surface area contributed by atoms with E-state index in [1.54, 1.807) is 11.8 Å². The zero-order valence-corrected chi connectivity index (χ0v) is 11.4. The predicted octanol–water partition coefficient (Wildman–Crippen LogP) is 1.54. The van der Waals surface area contributed by atoms with Crippen molar-refractivity contribution in [3.8, 4) is 0 Å². The molecule has 0 atom stereocenters. The molecular formula is C11H16N2O4S. The van der Waals surface area contributed by atoms with Crippen molar-refractivity contribution in [3.05, 3.63) is 10.6 Å². The van der Waals surface area contributed by atoms with Gasteiger partial charge in [0, 0.05) is 11.4 Å². The Hall–Kier alpha value is -1.63. The molecule has 0 spiro atoms. The van der Waals surface area contributed by atoms with E-state index in [-0.39, 0.29) is 12.2 Å². The summed E-state index contributed by atoms with van der Waals surface area (Å²) in [4.78, 5) is 28.8. The molecular weight excluding hydrogens is 256 g/mol. The zero-order chi connectivity index (χ0) is 13.7. The van der Waals surface area contributed by atoms with Gasteiger partial charge in [0.1, 0.15) is 6.54 Å². The fraction of sp³-hybridized carbons (Fsp3) is 0.545. The maximum Gasteiger partial charge on any atom is 0.357 e. The molecule has 0 aliphatic rings. The molecule has 1 aromatic heterocycles. The minimum absolute atomic E-state index is 0.124. The number of carboxylic acids is 1. The lowest BCUT2D eigenvalue weighted by Crippen LogP contribution is -2.30. The number of aryl methyl sites for hydroxylation is 1. The number of thiazole rings is 1. The van der Waals surface area contributed by atoms with Gasteiger partial charge in [0.2, 0.25) is 0 Å². The summed E-state index contributed by atoms with van der Waals surface area (Å²) in [5.74, 6) is -1.42. The van der Waals surface area contributed by atoms with E-state index >= 15 is 0 Å². The van der Waals surface area contributed by atoms with Crippen molar-refractivity contribution >= 4 is 28.4 Å². The molecule has 0 fully saturated rings. The third-order valence-electron chi connectivity index (χ3n) is 2.25. The number of esters is 1. The SMILES string of the molecule is CCCN(CC(=O)O)c1nc(C(=O)OC)c(C)s1. The first-order valence-electron chi connectivity index (χ1n) is 5.52. The number of aliphatic carboxylic acids is 1. The van der Waals surface area contributed by atoms with Crippen LogP contribution in [0.2, 0.25) is 0 Å². The first-order chi connectivity index (χ1) is 8.49. The minimum atomic E-state index is -0.920. The monoisotopic (exact) mass is 272 g/mol. The van der Waals surface area contributed by atoms with E-state index in [2.05, 4.69) is 9.72 Å². The van der Waals surface area contributed by atoms with Gasteiger partial charge in [-0.15, -0.1) is 11.3 Å². The molecule has 1 N–H and O–H groups in total. The number of carboxylic acid groups (broad SMARTS) is 1. The highest BCUT2D eigenvalue weighted by Gasteiger charge is 2.20. The van der Waals surface area contributed by atoms with Crippen LogP contribution >= 0.6 is 11.3 Å². The smallest absolute Gasteiger partial charge is 0.357 e. The normalized spacial score (nSPS) is 10.2. The molecule has 0 radical (unpaired) electrons.